The molecule has 0 radical (unpaired) electrons. The summed E-state index contributed by atoms with van der Waals surface area (Å²) >= 11 is 0. The zero-order valence-electron chi connectivity index (χ0n) is 32.5. The third-order valence-electron chi connectivity index (χ3n) is 11.9. The summed E-state index contributed by atoms with van der Waals surface area (Å²) in [5.41, 5.74) is 9.93. The molecule has 0 saturated carbocycles. The van der Waals surface area contributed by atoms with Gasteiger partial charge in [-0.25, -0.2) is 4.98 Å². The minimum absolute atomic E-state index is 0.445. The van der Waals surface area contributed by atoms with Crippen molar-refractivity contribution in [1.82, 2.24) is 9.97 Å². The molecule has 0 aliphatic heterocycles. The van der Waals surface area contributed by atoms with Crippen LogP contribution >= 0.6 is 0 Å². The van der Waals surface area contributed by atoms with Crippen molar-refractivity contribution in [3.8, 4) is 0 Å². The van der Waals surface area contributed by atoms with E-state index in [1.54, 1.807) is 0 Å². The topological polar surface area (TPSA) is 71.7 Å². The van der Waals surface area contributed by atoms with Crippen molar-refractivity contribution in [2.45, 2.75) is 0 Å². The highest BCUT2D eigenvalue weighted by molar-refractivity contribution is 6.10. The Hall–Kier alpha value is -8.42. The Morgan fingerprint density at radius 2 is 0.787 bits per heavy atom. The molecule has 0 amide bonds. The Bertz CT molecular complexity index is 3620. The van der Waals surface area contributed by atoms with E-state index < -0.39 is 0 Å². The number of para-hydroxylation sites is 2. The van der Waals surface area contributed by atoms with Gasteiger partial charge < -0.3 is 18.2 Å². The second-order valence-electron chi connectivity index (χ2n) is 15.4. The number of aromatic nitrogens is 2. The quantitative estimate of drug-likeness (QED) is 0.166. The van der Waals surface area contributed by atoms with Crippen LogP contribution in [-0.2, 0) is 0 Å². The zero-order valence-corrected chi connectivity index (χ0v) is 32.5. The molecule has 7 heteroatoms. The first kappa shape index (κ1) is 33.5. The van der Waals surface area contributed by atoms with Crippen LogP contribution in [-0.4, -0.2) is 9.97 Å². The number of hydrogen-bond acceptors (Lipinski definition) is 7. The number of rotatable bonds is 6. The van der Waals surface area contributed by atoms with E-state index in [4.69, 9.17) is 23.2 Å². The van der Waals surface area contributed by atoms with Crippen LogP contribution in [0.2, 0.25) is 0 Å². The van der Waals surface area contributed by atoms with Crippen LogP contribution in [0.5, 0.6) is 0 Å². The van der Waals surface area contributed by atoms with Gasteiger partial charge >= 0.3 is 0 Å². The Morgan fingerprint density at radius 3 is 1.38 bits per heavy atom. The maximum absolute atomic E-state index is 6.71. The lowest BCUT2D eigenvalue weighted by Gasteiger charge is -2.26. The second-order valence-corrected chi connectivity index (χ2v) is 15.4. The van der Waals surface area contributed by atoms with Crippen LogP contribution in [0.1, 0.15) is 0 Å². The van der Waals surface area contributed by atoms with Crippen LogP contribution in [0, 0.1) is 0 Å². The summed E-state index contributed by atoms with van der Waals surface area (Å²) in [7, 11) is 0. The molecule has 4 aromatic heterocycles. The van der Waals surface area contributed by atoms with Crippen molar-refractivity contribution in [3.63, 3.8) is 0 Å². The van der Waals surface area contributed by atoms with Gasteiger partial charge in [-0.05, 0) is 71.4 Å². The largest absolute Gasteiger partial charge is 0.456 e. The van der Waals surface area contributed by atoms with Gasteiger partial charge in [0.05, 0.1) is 23.3 Å². The zero-order chi connectivity index (χ0) is 40.0. The van der Waals surface area contributed by atoms with Gasteiger partial charge in [-0.2, -0.15) is 4.98 Å². The molecule has 0 aliphatic rings. The van der Waals surface area contributed by atoms with Gasteiger partial charge in [0, 0.05) is 67.3 Å². The Kier molecular flexibility index (Phi) is 7.17. The maximum Gasteiger partial charge on any atom is 0.248 e. The summed E-state index contributed by atoms with van der Waals surface area (Å²) in [6.45, 7) is 0. The van der Waals surface area contributed by atoms with Crippen molar-refractivity contribution in [2.24, 2.45) is 0 Å². The van der Waals surface area contributed by atoms with Crippen LogP contribution in [0.3, 0.4) is 0 Å². The normalized spacial score (nSPS) is 11.9. The average molecular weight is 785 g/mol. The molecular weight excluding hydrogens is 753 g/mol. The highest BCUT2D eigenvalue weighted by Crippen LogP contribution is 2.44. The standard InChI is InChI=1S/C54H32N4O3/c1-3-15-38-33(11-1)13-9-19-45(38)57(35-23-26-42-40-17-5-7-21-47(40)59-49(42)29-35)36-25-28-44-51(30-36)61-54-53(44)55-32-52(56-54)58(46-20-10-14-34-12-2-4-16-39(34)46)37-24-27-43-41-18-6-8-22-48(41)60-50(43)31-37/h1-32H. The monoisotopic (exact) mass is 784 g/mol. The average Bonchev–Trinajstić information content (AvgIpc) is 3.99. The first-order valence-corrected chi connectivity index (χ1v) is 20.3. The lowest BCUT2D eigenvalue weighted by molar-refractivity contribution is 0.653. The van der Waals surface area contributed by atoms with Crippen LogP contribution in [0.25, 0.3) is 87.6 Å². The Balaban J connectivity index is 0.981. The van der Waals surface area contributed by atoms with Gasteiger partial charge in [0.25, 0.3) is 0 Å². The molecule has 61 heavy (non-hydrogen) atoms. The van der Waals surface area contributed by atoms with Crippen molar-refractivity contribution in [3.05, 3.63) is 194 Å². The van der Waals surface area contributed by atoms with E-state index in [0.717, 1.165) is 99.2 Å². The second kappa shape index (κ2) is 13.0. The van der Waals surface area contributed by atoms with Crippen molar-refractivity contribution < 1.29 is 13.3 Å². The lowest BCUT2D eigenvalue weighted by atomic mass is 10.1. The van der Waals surface area contributed by atoms with E-state index in [2.05, 4.69) is 161 Å². The third kappa shape index (κ3) is 5.24. The molecule has 0 bridgehead atoms. The van der Waals surface area contributed by atoms with E-state index in [1.165, 1.54) is 0 Å². The molecule has 4 heterocycles. The van der Waals surface area contributed by atoms with Gasteiger partial charge in [-0.1, -0.05) is 109 Å². The van der Waals surface area contributed by atoms with Crippen molar-refractivity contribution in [2.75, 3.05) is 9.80 Å². The molecule has 0 saturated heterocycles. The summed E-state index contributed by atoms with van der Waals surface area (Å²) in [6.07, 6.45) is 1.83. The fourth-order valence-electron chi connectivity index (χ4n) is 9.10. The minimum atomic E-state index is 0.445. The fraction of sp³-hybridized carbons (Fsp3) is 0. The van der Waals surface area contributed by atoms with Crippen molar-refractivity contribution in [1.29, 1.82) is 0 Å². The van der Waals surface area contributed by atoms with E-state index in [9.17, 15) is 0 Å². The minimum Gasteiger partial charge on any atom is -0.456 e. The summed E-state index contributed by atoms with van der Waals surface area (Å²) in [6, 6.07) is 64.9. The third-order valence-corrected chi connectivity index (χ3v) is 11.9. The number of anilines is 6. The SMILES string of the molecule is c1ccc2c(N(c3ccc4c(c3)oc3ccccc34)c3ccc4c(c3)oc3nc(N(c5ccc6c(c5)oc5ccccc56)c5cccc6ccccc56)cnc34)cccc2c1. The van der Waals surface area contributed by atoms with E-state index in [-0.39, 0.29) is 0 Å². The molecule has 0 fully saturated rings. The van der Waals surface area contributed by atoms with Gasteiger partial charge in [0.15, 0.2) is 5.82 Å². The summed E-state index contributed by atoms with van der Waals surface area (Å²) < 4.78 is 19.5. The predicted molar refractivity (Wildman–Crippen MR) is 248 cm³/mol. The first-order valence-electron chi connectivity index (χ1n) is 20.3. The molecule has 0 unspecified atom stereocenters. The fourth-order valence-corrected chi connectivity index (χ4v) is 9.10. The highest BCUT2D eigenvalue weighted by Gasteiger charge is 2.23. The van der Waals surface area contributed by atoms with E-state index >= 15 is 0 Å². The Morgan fingerprint density at radius 1 is 0.344 bits per heavy atom. The maximum atomic E-state index is 6.71. The number of fused-ring (bicyclic) bond motifs is 11. The smallest absolute Gasteiger partial charge is 0.248 e. The molecule has 0 aliphatic carbocycles. The van der Waals surface area contributed by atoms with Gasteiger partial charge in [0.1, 0.15) is 33.4 Å². The summed E-state index contributed by atoms with van der Waals surface area (Å²) in [5, 5.41) is 9.67. The van der Waals surface area contributed by atoms with Crippen LogP contribution in [0.4, 0.5) is 34.3 Å². The predicted octanol–water partition coefficient (Wildman–Crippen LogP) is 15.4. The lowest BCUT2D eigenvalue weighted by Crippen LogP contribution is -2.12. The van der Waals surface area contributed by atoms with E-state index in [1.807, 2.05) is 42.6 Å². The van der Waals surface area contributed by atoms with Gasteiger partial charge in [0.2, 0.25) is 5.71 Å². The van der Waals surface area contributed by atoms with Gasteiger partial charge in [-0.15, -0.1) is 0 Å². The number of nitrogens with zero attached hydrogens (tertiary/aromatic N) is 4. The summed E-state index contributed by atoms with van der Waals surface area (Å²) in [5.74, 6) is 0.620. The van der Waals surface area contributed by atoms with Crippen molar-refractivity contribution >= 4 is 122 Å². The molecule has 13 rings (SSSR count). The molecule has 0 N–H and O–H groups in total. The molecule has 13 aromatic rings. The van der Waals surface area contributed by atoms with E-state index in [0.29, 0.717) is 22.6 Å². The number of furan rings is 3. The first-order chi connectivity index (χ1) is 30.2. The number of benzene rings is 9. The molecule has 9 aromatic carbocycles. The molecule has 0 atom stereocenters. The molecule has 286 valence electrons. The van der Waals surface area contributed by atoms with Crippen LogP contribution < -0.4 is 9.80 Å². The van der Waals surface area contributed by atoms with Gasteiger partial charge in [-0.3, -0.25) is 4.90 Å². The highest BCUT2D eigenvalue weighted by atomic mass is 16.3. The molecule has 7 nitrogen and oxygen atoms in total. The van der Waals surface area contributed by atoms with Crippen LogP contribution in [0.15, 0.2) is 208 Å². The summed E-state index contributed by atoms with van der Waals surface area (Å²) in [4.78, 5) is 14.7. The molecular formula is C54H32N4O3. The molecule has 0 spiro atoms. The Labute approximate surface area is 347 Å². The number of hydrogen-bond donors (Lipinski definition) is 0.